The fourth-order valence-electron chi connectivity index (χ4n) is 12.3. The molecule has 234 valence electrons. The lowest BCUT2D eigenvalue weighted by molar-refractivity contribution is -0.234. The molecule has 0 aromatic heterocycles. The van der Waals surface area contributed by atoms with Crippen LogP contribution in [0, 0.1) is 50.7 Å². The number of likely N-dealkylation sites (tertiary alicyclic amines) is 1. The van der Waals surface area contributed by atoms with Crippen molar-refractivity contribution < 1.29 is 24.2 Å². The zero-order chi connectivity index (χ0) is 30.6. The van der Waals surface area contributed by atoms with E-state index in [0.717, 1.165) is 56.9 Å². The average molecular weight is 582 g/mol. The summed E-state index contributed by atoms with van der Waals surface area (Å²) in [5.74, 6) is 1.14. The third kappa shape index (κ3) is 3.81. The Balaban J connectivity index is 1.39. The number of hydrogen-bond acceptors (Lipinski definition) is 5. The molecule has 6 nitrogen and oxygen atoms in total. The van der Waals surface area contributed by atoms with Gasteiger partial charge in [-0.15, -0.1) is 0 Å². The van der Waals surface area contributed by atoms with Crippen LogP contribution >= 0.6 is 0 Å². The lowest BCUT2D eigenvalue weighted by Gasteiger charge is -2.72. The molecule has 5 aliphatic carbocycles. The first kappa shape index (κ1) is 30.3. The van der Waals surface area contributed by atoms with Gasteiger partial charge in [-0.2, -0.15) is 0 Å². The van der Waals surface area contributed by atoms with E-state index < -0.39 is 11.5 Å². The van der Waals surface area contributed by atoms with Crippen LogP contribution in [0.5, 0.6) is 0 Å². The predicted molar refractivity (Wildman–Crippen MR) is 162 cm³/mol. The molecule has 1 heterocycles. The molecule has 6 rings (SSSR count). The Labute approximate surface area is 253 Å². The second-order valence-corrected chi connectivity index (χ2v) is 16.9. The van der Waals surface area contributed by atoms with Crippen LogP contribution in [0.1, 0.15) is 120 Å². The maximum absolute atomic E-state index is 13.8. The van der Waals surface area contributed by atoms with Gasteiger partial charge in [0.25, 0.3) is 5.91 Å². The van der Waals surface area contributed by atoms with Crippen LogP contribution in [0.3, 0.4) is 0 Å². The number of fused-ring (bicyclic) bond motifs is 7. The molecule has 1 amide bonds. The molecule has 0 aromatic carbocycles. The molecule has 9 atom stereocenters. The summed E-state index contributed by atoms with van der Waals surface area (Å²) in [6, 6.07) is 0. The highest BCUT2D eigenvalue weighted by Gasteiger charge is 2.71. The minimum absolute atomic E-state index is 0.0100. The fraction of sp³-hybridized carbons (Fsp3) is 0.861. The summed E-state index contributed by atoms with van der Waals surface area (Å²) < 4.78 is 5.91. The molecule has 5 fully saturated rings. The first-order valence-corrected chi connectivity index (χ1v) is 17.0. The van der Waals surface area contributed by atoms with E-state index in [4.69, 9.17) is 4.74 Å². The van der Waals surface area contributed by atoms with Gasteiger partial charge in [0.15, 0.2) is 5.78 Å². The van der Waals surface area contributed by atoms with E-state index in [-0.39, 0.29) is 63.7 Å². The van der Waals surface area contributed by atoms with E-state index >= 15 is 0 Å². The molecule has 0 spiro atoms. The summed E-state index contributed by atoms with van der Waals surface area (Å²) >= 11 is 0. The van der Waals surface area contributed by atoms with Crippen molar-refractivity contribution in [3.8, 4) is 0 Å². The van der Waals surface area contributed by atoms with Crippen LogP contribution in [0.4, 0.5) is 0 Å². The van der Waals surface area contributed by atoms with E-state index in [9.17, 15) is 19.5 Å². The first-order valence-electron chi connectivity index (χ1n) is 17.0. The molecule has 1 aliphatic heterocycles. The van der Waals surface area contributed by atoms with Crippen LogP contribution < -0.4 is 0 Å². The molecular formula is C36H55NO5. The second kappa shape index (κ2) is 9.65. The van der Waals surface area contributed by atoms with Crippen molar-refractivity contribution in [1.82, 2.24) is 4.90 Å². The Hall–Kier alpha value is -1.69. The standard InChI is InChI=1S/C36H55NO5/c1-21(2)28-24(39)20-36(30(40)31(41)37-18-9-19-37)17-16-34(7)23(29(28)36)10-11-26-33(6)14-13-27(42-22(3)38)32(4,5)25(33)12-15-35(26,34)8/h21,23,25-27,30,40H,9-20H2,1-8H3/t23-,25+,26-,27+,30?,33?,34-,35-,36-/m1/s1. The molecule has 0 aromatic rings. The quantitative estimate of drug-likeness (QED) is 0.384. The summed E-state index contributed by atoms with van der Waals surface area (Å²) in [5, 5.41) is 11.9. The van der Waals surface area contributed by atoms with Gasteiger partial charge in [0, 0.05) is 37.3 Å². The van der Waals surface area contributed by atoms with Gasteiger partial charge >= 0.3 is 5.97 Å². The zero-order valence-corrected chi connectivity index (χ0v) is 27.5. The van der Waals surface area contributed by atoms with Crippen molar-refractivity contribution in [2.24, 2.45) is 50.7 Å². The number of ketones is 1. The number of Topliss-reactive ketones (excluding diaryl/α,β-unsaturated/α-hetero) is 1. The van der Waals surface area contributed by atoms with Gasteiger partial charge in [-0.05, 0) is 109 Å². The molecule has 1 saturated heterocycles. The van der Waals surface area contributed by atoms with Crippen molar-refractivity contribution in [1.29, 1.82) is 0 Å². The SMILES string of the molecule is CC(=O)O[C@H]1CCC2(C)[C@H]3CC[C@@H]4C5=C(C(C)C)C(=O)C[C@]5(C(O)C(=O)N5CCC5)CC[C@@]4(C)[C@]3(C)CC[C@H]2C1(C)C. The van der Waals surface area contributed by atoms with Crippen molar-refractivity contribution in [2.75, 3.05) is 13.1 Å². The molecule has 0 radical (unpaired) electrons. The number of esters is 1. The Morgan fingerprint density at radius 2 is 1.60 bits per heavy atom. The van der Waals surface area contributed by atoms with Gasteiger partial charge in [0.2, 0.25) is 0 Å². The molecular weight excluding hydrogens is 526 g/mol. The number of carbonyl (C=O) groups is 3. The van der Waals surface area contributed by atoms with Gasteiger partial charge in [-0.3, -0.25) is 14.4 Å². The van der Waals surface area contributed by atoms with E-state index in [1.165, 1.54) is 12.5 Å². The van der Waals surface area contributed by atoms with Gasteiger partial charge < -0.3 is 14.7 Å². The highest BCUT2D eigenvalue weighted by molar-refractivity contribution is 6.02. The van der Waals surface area contributed by atoms with Crippen LogP contribution in [-0.2, 0) is 19.1 Å². The number of amides is 1. The summed E-state index contributed by atoms with van der Waals surface area (Å²) in [7, 11) is 0. The van der Waals surface area contributed by atoms with Gasteiger partial charge in [-0.25, -0.2) is 0 Å². The molecule has 4 saturated carbocycles. The highest BCUT2D eigenvalue weighted by atomic mass is 16.5. The van der Waals surface area contributed by atoms with E-state index in [1.807, 2.05) is 0 Å². The summed E-state index contributed by atoms with van der Waals surface area (Å²) in [5.41, 5.74) is 1.50. The number of rotatable bonds is 4. The lowest BCUT2D eigenvalue weighted by Crippen LogP contribution is -2.66. The number of ether oxygens (including phenoxy) is 1. The Kier molecular flexibility index (Phi) is 6.97. The van der Waals surface area contributed by atoms with E-state index in [0.29, 0.717) is 31.3 Å². The Bertz CT molecular complexity index is 1220. The average Bonchev–Trinajstić information content (AvgIpc) is 3.17. The predicted octanol–water partition coefficient (Wildman–Crippen LogP) is 6.49. The largest absolute Gasteiger partial charge is 0.462 e. The topological polar surface area (TPSA) is 83.9 Å². The highest BCUT2D eigenvalue weighted by Crippen LogP contribution is 2.77. The van der Waals surface area contributed by atoms with Gasteiger partial charge in [-0.1, -0.05) is 48.5 Å². The van der Waals surface area contributed by atoms with Crippen molar-refractivity contribution >= 4 is 17.7 Å². The number of nitrogens with zero attached hydrogens (tertiary/aromatic N) is 1. The Morgan fingerprint density at radius 3 is 2.19 bits per heavy atom. The minimum atomic E-state index is -1.13. The number of aliphatic hydroxyl groups excluding tert-OH is 1. The third-order valence-corrected chi connectivity index (χ3v) is 14.7. The zero-order valence-electron chi connectivity index (χ0n) is 27.5. The van der Waals surface area contributed by atoms with Crippen LogP contribution in [-0.4, -0.2) is 53.0 Å². The smallest absolute Gasteiger partial charge is 0.302 e. The number of hydrogen-bond donors (Lipinski definition) is 1. The molecule has 6 aliphatic rings. The monoisotopic (exact) mass is 581 g/mol. The Morgan fingerprint density at radius 1 is 0.905 bits per heavy atom. The molecule has 1 N–H and O–H groups in total. The third-order valence-electron chi connectivity index (χ3n) is 14.7. The van der Waals surface area contributed by atoms with Crippen LogP contribution in [0.25, 0.3) is 0 Å². The van der Waals surface area contributed by atoms with Crippen molar-refractivity contribution in [3.63, 3.8) is 0 Å². The van der Waals surface area contributed by atoms with Crippen LogP contribution in [0.15, 0.2) is 11.1 Å². The van der Waals surface area contributed by atoms with Gasteiger partial charge in [0.05, 0.1) is 0 Å². The summed E-state index contributed by atoms with van der Waals surface area (Å²) in [6.07, 6.45) is 8.11. The van der Waals surface area contributed by atoms with E-state index in [1.54, 1.807) is 4.90 Å². The second-order valence-electron chi connectivity index (χ2n) is 16.9. The van der Waals surface area contributed by atoms with Crippen molar-refractivity contribution in [3.05, 3.63) is 11.1 Å². The normalized spacial score (nSPS) is 44.9. The molecule has 42 heavy (non-hydrogen) atoms. The number of allylic oxidation sites excluding steroid dienone is 1. The lowest BCUT2D eigenvalue weighted by atomic mass is 9.33. The first-order chi connectivity index (χ1) is 19.5. The molecule has 2 unspecified atom stereocenters. The fourth-order valence-corrected chi connectivity index (χ4v) is 12.3. The maximum atomic E-state index is 13.8. The minimum Gasteiger partial charge on any atom is -0.462 e. The van der Waals surface area contributed by atoms with E-state index in [2.05, 4.69) is 48.5 Å². The maximum Gasteiger partial charge on any atom is 0.302 e. The van der Waals surface area contributed by atoms with Crippen LogP contribution in [0.2, 0.25) is 0 Å². The molecule has 0 bridgehead atoms. The van der Waals surface area contributed by atoms with Crippen molar-refractivity contribution in [2.45, 2.75) is 132 Å². The summed E-state index contributed by atoms with van der Waals surface area (Å²) in [6.45, 7) is 19.5. The molecule has 6 heteroatoms. The van der Waals surface area contributed by atoms with Gasteiger partial charge in [0.1, 0.15) is 12.2 Å². The summed E-state index contributed by atoms with van der Waals surface area (Å²) in [4.78, 5) is 41.1. The number of carbonyl (C=O) groups excluding carboxylic acids is 3. The number of aliphatic hydroxyl groups is 1.